The maximum Gasteiger partial charge on any atom is -0.0166 e. The van der Waals surface area contributed by atoms with E-state index in [1.54, 1.807) is 0 Å². The molecule has 0 unspecified atom stereocenters. The summed E-state index contributed by atoms with van der Waals surface area (Å²) in [5.74, 6) is 0. The molecule has 0 saturated carbocycles. The molecule has 0 aliphatic carbocycles. The van der Waals surface area contributed by atoms with E-state index in [4.69, 9.17) is 0 Å². The standard InChI is InChI=1S/C17H24/c1-2-3-4-5-6-7-8-9-11-14-17-15-12-10-13-16-17/h7-8,10-16H,2-6,9H2,1H3/b8-7-,14-11+. The molecule has 1 rings (SSSR count). The zero-order chi connectivity index (χ0) is 12.2. The summed E-state index contributed by atoms with van der Waals surface area (Å²) in [7, 11) is 0. The molecule has 0 aromatic heterocycles. The van der Waals surface area contributed by atoms with Gasteiger partial charge in [0, 0.05) is 0 Å². The third-order valence-electron chi connectivity index (χ3n) is 2.77. The molecule has 17 heavy (non-hydrogen) atoms. The first kappa shape index (κ1) is 13.8. The van der Waals surface area contributed by atoms with Crippen molar-refractivity contribution in [3.8, 4) is 0 Å². The predicted molar refractivity (Wildman–Crippen MR) is 78.0 cm³/mol. The molecule has 0 atom stereocenters. The van der Waals surface area contributed by atoms with Crippen LogP contribution in [0, 0.1) is 0 Å². The number of hydrogen-bond donors (Lipinski definition) is 0. The topological polar surface area (TPSA) is 0 Å². The van der Waals surface area contributed by atoms with Gasteiger partial charge in [0.1, 0.15) is 0 Å². The van der Waals surface area contributed by atoms with Gasteiger partial charge in [-0.25, -0.2) is 0 Å². The molecule has 1 aromatic rings. The van der Waals surface area contributed by atoms with E-state index in [1.165, 1.54) is 37.7 Å². The van der Waals surface area contributed by atoms with Crippen molar-refractivity contribution in [1.82, 2.24) is 0 Å². The molecule has 1 aromatic carbocycles. The van der Waals surface area contributed by atoms with Crippen molar-refractivity contribution in [2.75, 3.05) is 0 Å². The van der Waals surface area contributed by atoms with Gasteiger partial charge in [-0.05, 0) is 24.8 Å². The van der Waals surface area contributed by atoms with Gasteiger partial charge in [-0.15, -0.1) is 0 Å². The first-order valence-corrected chi connectivity index (χ1v) is 6.80. The van der Waals surface area contributed by atoms with Crippen molar-refractivity contribution in [2.45, 2.75) is 45.4 Å². The lowest BCUT2D eigenvalue weighted by Crippen LogP contribution is -1.73. The number of benzene rings is 1. The molecule has 0 amide bonds. The van der Waals surface area contributed by atoms with Crippen molar-refractivity contribution in [3.63, 3.8) is 0 Å². The first-order valence-electron chi connectivity index (χ1n) is 6.80. The Kier molecular flexibility index (Phi) is 8.01. The summed E-state index contributed by atoms with van der Waals surface area (Å²) in [4.78, 5) is 0. The van der Waals surface area contributed by atoms with Gasteiger partial charge in [0.05, 0.1) is 0 Å². The quantitative estimate of drug-likeness (QED) is 0.400. The van der Waals surface area contributed by atoms with Crippen LogP contribution in [-0.2, 0) is 0 Å². The van der Waals surface area contributed by atoms with Crippen LogP contribution >= 0.6 is 0 Å². The van der Waals surface area contributed by atoms with E-state index in [9.17, 15) is 0 Å². The Morgan fingerprint density at radius 1 is 0.882 bits per heavy atom. The third-order valence-corrected chi connectivity index (χ3v) is 2.77. The minimum Gasteiger partial charge on any atom is -0.0882 e. The van der Waals surface area contributed by atoms with E-state index in [2.05, 4.69) is 55.5 Å². The number of hydrogen-bond acceptors (Lipinski definition) is 0. The second kappa shape index (κ2) is 9.89. The van der Waals surface area contributed by atoms with E-state index in [-0.39, 0.29) is 0 Å². The smallest absolute Gasteiger partial charge is 0.0166 e. The molecule has 0 saturated heterocycles. The Morgan fingerprint density at radius 2 is 1.71 bits per heavy atom. The van der Waals surface area contributed by atoms with Gasteiger partial charge in [0.2, 0.25) is 0 Å². The molecule has 0 N–H and O–H groups in total. The summed E-state index contributed by atoms with van der Waals surface area (Å²) in [6, 6.07) is 10.5. The molecular formula is C17H24. The van der Waals surface area contributed by atoms with E-state index in [0.717, 1.165) is 6.42 Å². The fourth-order valence-electron chi connectivity index (χ4n) is 1.75. The van der Waals surface area contributed by atoms with Crippen molar-refractivity contribution < 1.29 is 0 Å². The highest BCUT2D eigenvalue weighted by atomic mass is 13.9. The average Bonchev–Trinajstić information content (AvgIpc) is 2.38. The molecule has 0 bridgehead atoms. The van der Waals surface area contributed by atoms with Crippen LogP contribution in [0.2, 0.25) is 0 Å². The highest BCUT2D eigenvalue weighted by Gasteiger charge is 1.84. The van der Waals surface area contributed by atoms with Crippen molar-refractivity contribution in [1.29, 1.82) is 0 Å². The highest BCUT2D eigenvalue weighted by Crippen LogP contribution is 2.04. The lowest BCUT2D eigenvalue weighted by Gasteiger charge is -1.93. The van der Waals surface area contributed by atoms with E-state index in [1.807, 2.05) is 6.07 Å². The molecule has 0 spiro atoms. The van der Waals surface area contributed by atoms with Gasteiger partial charge in [0.25, 0.3) is 0 Å². The monoisotopic (exact) mass is 228 g/mol. The van der Waals surface area contributed by atoms with Gasteiger partial charge in [-0.2, -0.15) is 0 Å². The van der Waals surface area contributed by atoms with Gasteiger partial charge >= 0.3 is 0 Å². The number of unbranched alkanes of at least 4 members (excludes halogenated alkanes) is 4. The van der Waals surface area contributed by atoms with Crippen molar-refractivity contribution in [3.05, 3.63) is 54.1 Å². The first-order chi connectivity index (χ1) is 8.43. The van der Waals surface area contributed by atoms with Crippen LogP contribution < -0.4 is 0 Å². The summed E-state index contributed by atoms with van der Waals surface area (Å²) in [6.45, 7) is 2.25. The molecule has 0 heteroatoms. The van der Waals surface area contributed by atoms with Crippen LogP contribution in [0.25, 0.3) is 6.08 Å². The Bertz CT molecular complexity index is 319. The normalized spacial score (nSPS) is 11.6. The molecular weight excluding hydrogens is 204 g/mol. The molecule has 0 aliphatic heterocycles. The van der Waals surface area contributed by atoms with E-state index >= 15 is 0 Å². The maximum absolute atomic E-state index is 2.31. The molecule has 92 valence electrons. The van der Waals surface area contributed by atoms with Gasteiger partial charge in [-0.1, -0.05) is 80.8 Å². The van der Waals surface area contributed by atoms with Crippen LogP contribution in [0.15, 0.2) is 48.6 Å². The lowest BCUT2D eigenvalue weighted by atomic mass is 10.1. The van der Waals surface area contributed by atoms with Crippen molar-refractivity contribution in [2.24, 2.45) is 0 Å². The van der Waals surface area contributed by atoms with Crippen LogP contribution in [0.4, 0.5) is 0 Å². The van der Waals surface area contributed by atoms with Gasteiger partial charge in [-0.3, -0.25) is 0 Å². The second-order valence-corrected chi connectivity index (χ2v) is 4.37. The maximum atomic E-state index is 2.31. The summed E-state index contributed by atoms with van der Waals surface area (Å²) in [5, 5.41) is 0. The zero-order valence-corrected chi connectivity index (χ0v) is 10.9. The van der Waals surface area contributed by atoms with E-state index in [0.29, 0.717) is 0 Å². The third kappa shape index (κ3) is 7.57. The van der Waals surface area contributed by atoms with Gasteiger partial charge < -0.3 is 0 Å². The Labute approximate surface area is 106 Å². The molecule has 0 radical (unpaired) electrons. The number of rotatable bonds is 8. The lowest BCUT2D eigenvalue weighted by molar-refractivity contribution is 0.674. The minimum absolute atomic E-state index is 1.04. The zero-order valence-electron chi connectivity index (χ0n) is 10.9. The van der Waals surface area contributed by atoms with Crippen molar-refractivity contribution >= 4 is 6.08 Å². The molecule has 0 fully saturated rings. The predicted octanol–water partition coefficient (Wildman–Crippen LogP) is 5.62. The van der Waals surface area contributed by atoms with E-state index < -0.39 is 0 Å². The molecule has 0 aliphatic rings. The Balaban J connectivity index is 2.07. The van der Waals surface area contributed by atoms with Crippen LogP contribution in [0.3, 0.4) is 0 Å². The summed E-state index contributed by atoms with van der Waals surface area (Å²) >= 11 is 0. The highest BCUT2D eigenvalue weighted by molar-refractivity contribution is 5.48. The molecule has 0 heterocycles. The summed E-state index contributed by atoms with van der Waals surface area (Å²) < 4.78 is 0. The summed E-state index contributed by atoms with van der Waals surface area (Å²) in [5.41, 5.74) is 1.28. The molecule has 0 nitrogen and oxygen atoms in total. The van der Waals surface area contributed by atoms with Crippen LogP contribution in [0.5, 0.6) is 0 Å². The largest absolute Gasteiger partial charge is 0.0882 e. The van der Waals surface area contributed by atoms with Crippen LogP contribution in [0.1, 0.15) is 51.0 Å². The van der Waals surface area contributed by atoms with Crippen LogP contribution in [-0.4, -0.2) is 0 Å². The summed E-state index contributed by atoms with van der Waals surface area (Å²) in [6.07, 6.45) is 16.7. The van der Waals surface area contributed by atoms with Gasteiger partial charge in [0.15, 0.2) is 0 Å². The second-order valence-electron chi connectivity index (χ2n) is 4.37. The minimum atomic E-state index is 1.04. The Hall–Kier alpha value is -1.30. The fourth-order valence-corrected chi connectivity index (χ4v) is 1.75. The average molecular weight is 228 g/mol. The fraction of sp³-hybridized carbons (Fsp3) is 0.412. The SMILES string of the molecule is CCCCCC/C=C\C/C=C/c1ccccc1. The number of allylic oxidation sites excluding steroid dienone is 3. The Morgan fingerprint density at radius 3 is 2.47 bits per heavy atom.